The van der Waals surface area contributed by atoms with Crippen LogP contribution in [0.25, 0.3) is 0 Å². The van der Waals surface area contributed by atoms with E-state index in [0.717, 1.165) is 0 Å². The van der Waals surface area contributed by atoms with Gasteiger partial charge in [-0.25, -0.2) is 4.39 Å². The van der Waals surface area contributed by atoms with Gasteiger partial charge in [0.2, 0.25) is 0 Å². The maximum atomic E-state index is 13.3. The van der Waals surface area contributed by atoms with Gasteiger partial charge >= 0.3 is 0 Å². The van der Waals surface area contributed by atoms with Crippen LogP contribution in [0.1, 0.15) is 5.56 Å². The second kappa shape index (κ2) is 5.90. The molecular weight excluding hydrogens is 223 g/mol. The SMILES string of the molecule is COCCOc1cc(F)c(CO)c(Cl)c1. The van der Waals surface area contributed by atoms with Crippen LogP contribution >= 0.6 is 11.6 Å². The van der Waals surface area contributed by atoms with Crippen LogP contribution in [0.5, 0.6) is 5.75 Å². The number of aliphatic hydroxyl groups is 1. The number of ether oxygens (including phenoxy) is 2. The normalized spacial score (nSPS) is 10.4. The van der Waals surface area contributed by atoms with Gasteiger partial charge in [0.15, 0.2) is 0 Å². The highest BCUT2D eigenvalue weighted by molar-refractivity contribution is 6.31. The molecule has 0 spiro atoms. The van der Waals surface area contributed by atoms with Crippen LogP contribution in [-0.4, -0.2) is 25.4 Å². The van der Waals surface area contributed by atoms with Gasteiger partial charge in [0.05, 0.1) is 18.2 Å². The van der Waals surface area contributed by atoms with Crippen LogP contribution in [-0.2, 0) is 11.3 Å². The molecule has 0 aromatic heterocycles. The predicted molar refractivity (Wildman–Crippen MR) is 54.7 cm³/mol. The van der Waals surface area contributed by atoms with Crippen LogP contribution in [0.3, 0.4) is 0 Å². The first-order chi connectivity index (χ1) is 7.19. The molecule has 0 fully saturated rings. The molecule has 0 aliphatic rings. The molecule has 0 atom stereocenters. The van der Waals surface area contributed by atoms with E-state index in [1.807, 2.05) is 0 Å². The predicted octanol–water partition coefficient (Wildman–Crippen LogP) is 2.00. The summed E-state index contributed by atoms with van der Waals surface area (Å²) < 4.78 is 23.2. The Balaban J connectivity index is 2.75. The van der Waals surface area contributed by atoms with E-state index in [2.05, 4.69) is 0 Å². The first kappa shape index (κ1) is 12.2. The lowest BCUT2D eigenvalue weighted by Gasteiger charge is -2.08. The van der Waals surface area contributed by atoms with E-state index in [9.17, 15) is 4.39 Å². The molecule has 0 amide bonds. The van der Waals surface area contributed by atoms with Crippen molar-refractivity contribution in [3.8, 4) is 5.75 Å². The van der Waals surface area contributed by atoms with E-state index in [1.165, 1.54) is 12.1 Å². The molecule has 1 aromatic rings. The molecule has 0 saturated heterocycles. The van der Waals surface area contributed by atoms with Crippen molar-refractivity contribution in [1.82, 2.24) is 0 Å². The average molecular weight is 235 g/mol. The molecule has 15 heavy (non-hydrogen) atoms. The fraction of sp³-hybridized carbons (Fsp3) is 0.400. The summed E-state index contributed by atoms with van der Waals surface area (Å²) in [4.78, 5) is 0. The molecule has 0 heterocycles. The molecule has 5 heteroatoms. The number of methoxy groups -OCH3 is 1. The van der Waals surface area contributed by atoms with Crippen molar-refractivity contribution in [3.63, 3.8) is 0 Å². The lowest BCUT2D eigenvalue weighted by atomic mass is 10.2. The zero-order valence-electron chi connectivity index (χ0n) is 8.30. The average Bonchev–Trinajstić information content (AvgIpc) is 2.18. The number of benzene rings is 1. The molecule has 0 aliphatic heterocycles. The topological polar surface area (TPSA) is 38.7 Å². The summed E-state index contributed by atoms with van der Waals surface area (Å²) in [5, 5.41) is 8.98. The van der Waals surface area contributed by atoms with Crippen molar-refractivity contribution in [1.29, 1.82) is 0 Å². The van der Waals surface area contributed by atoms with E-state index in [-0.39, 0.29) is 10.6 Å². The molecule has 1 N–H and O–H groups in total. The monoisotopic (exact) mass is 234 g/mol. The van der Waals surface area contributed by atoms with Crippen molar-refractivity contribution >= 4 is 11.6 Å². The summed E-state index contributed by atoms with van der Waals surface area (Å²) in [7, 11) is 1.55. The van der Waals surface area contributed by atoms with Gasteiger partial charge < -0.3 is 14.6 Å². The minimum Gasteiger partial charge on any atom is -0.491 e. The van der Waals surface area contributed by atoms with E-state index < -0.39 is 12.4 Å². The Morgan fingerprint density at radius 3 is 2.67 bits per heavy atom. The summed E-state index contributed by atoms with van der Waals surface area (Å²) in [6.45, 7) is 0.314. The third-order valence-electron chi connectivity index (χ3n) is 1.83. The standard InChI is InChI=1S/C10H12ClFO3/c1-14-2-3-15-7-4-9(11)8(6-13)10(12)5-7/h4-5,13H,2-3,6H2,1H3. The Labute approximate surface area is 92.4 Å². The molecule has 1 rings (SSSR count). The number of aliphatic hydroxyl groups excluding tert-OH is 1. The fourth-order valence-electron chi connectivity index (χ4n) is 1.06. The van der Waals surface area contributed by atoms with Crippen LogP contribution in [0.15, 0.2) is 12.1 Å². The van der Waals surface area contributed by atoms with E-state index in [4.69, 9.17) is 26.2 Å². The number of rotatable bonds is 5. The van der Waals surface area contributed by atoms with Crippen molar-refractivity contribution in [2.45, 2.75) is 6.61 Å². The maximum Gasteiger partial charge on any atom is 0.133 e. The molecule has 84 valence electrons. The molecular formula is C10H12ClFO3. The Bertz CT molecular complexity index is 307. The van der Waals surface area contributed by atoms with E-state index in [1.54, 1.807) is 7.11 Å². The van der Waals surface area contributed by atoms with Crippen molar-refractivity contribution < 1.29 is 19.0 Å². The first-order valence-corrected chi connectivity index (χ1v) is 4.77. The van der Waals surface area contributed by atoms with E-state index >= 15 is 0 Å². The van der Waals surface area contributed by atoms with Gasteiger partial charge in [-0.15, -0.1) is 0 Å². The molecule has 0 radical (unpaired) electrons. The first-order valence-electron chi connectivity index (χ1n) is 4.39. The second-order valence-electron chi connectivity index (χ2n) is 2.86. The van der Waals surface area contributed by atoms with Crippen LogP contribution in [0, 0.1) is 5.82 Å². The van der Waals surface area contributed by atoms with Gasteiger partial charge in [-0.1, -0.05) is 11.6 Å². The minimum atomic E-state index is -0.572. The van der Waals surface area contributed by atoms with Gasteiger partial charge in [-0.2, -0.15) is 0 Å². The smallest absolute Gasteiger partial charge is 0.133 e. The van der Waals surface area contributed by atoms with Crippen LogP contribution < -0.4 is 4.74 Å². The Morgan fingerprint density at radius 1 is 1.40 bits per heavy atom. The van der Waals surface area contributed by atoms with Gasteiger partial charge in [0, 0.05) is 18.7 Å². The fourth-order valence-corrected chi connectivity index (χ4v) is 1.31. The highest BCUT2D eigenvalue weighted by Gasteiger charge is 2.09. The Morgan fingerprint density at radius 2 is 2.13 bits per heavy atom. The number of hydrogen-bond acceptors (Lipinski definition) is 3. The molecule has 0 aliphatic carbocycles. The van der Waals surface area contributed by atoms with Gasteiger partial charge in [-0.3, -0.25) is 0 Å². The largest absolute Gasteiger partial charge is 0.491 e. The zero-order chi connectivity index (χ0) is 11.3. The van der Waals surface area contributed by atoms with Crippen LogP contribution in [0.4, 0.5) is 4.39 Å². The molecule has 0 saturated carbocycles. The van der Waals surface area contributed by atoms with Crippen molar-refractivity contribution in [3.05, 3.63) is 28.5 Å². The van der Waals surface area contributed by atoms with E-state index in [0.29, 0.717) is 19.0 Å². The maximum absolute atomic E-state index is 13.3. The van der Waals surface area contributed by atoms with Crippen molar-refractivity contribution in [2.75, 3.05) is 20.3 Å². The summed E-state index contributed by atoms with van der Waals surface area (Å²) >= 11 is 5.74. The summed E-state index contributed by atoms with van der Waals surface area (Å²) in [6, 6.07) is 2.65. The van der Waals surface area contributed by atoms with Gasteiger partial charge in [0.1, 0.15) is 18.2 Å². The molecule has 3 nitrogen and oxygen atoms in total. The lowest BCUT2D eigenvalue weighted by Crippen LogP contribution is -2.05. The summed E-state index contributed by atoms with van der Waals surface area (Å²) in [5.74, 6) is -0.246. The third-order valence-corrected chi connectivity index (χ3v) is 2.17. The van der Waals surface area contributed by atoms with Gasteiger partial charge in [-0.05, 0) is 6.07 Å². The highest BCUT2D eigenvalue weighted by Crippen LogP contribution is 2.25. The number of halogens is 2. The Hall–Kier alpha value is -0.840. The van der Waals surface area contributed by atoms with Crippen LogP contribution in [0.2, 0.25) is 5.02 Å². The second-order valence-corrected chi connectivity index (χ2v) is 3.27. The molecule has 1 aromatic carbocycles. The van der Waals surface area contributed by atoms with Gasteiger partial charge in [0.25, 0.3) is 0 Å². The summed E-state index contributed by atoms with van der Waals surface area (Å²) in [6.07, 6.45) is 0. The summed E-state index contributed by atoms with van der Waals surface area (Å²) in [5.41, 5.74) is 0.0794. The zero-order valence-corrected chi connectivity index (χ0v) is 9.05. The molecule has 0 unspecified atom stereocenters. The molecule has 0 bridgehead atoms. The third kappa shape index (κ3) is 3.34. The number of hydrogen-bond donors (Lipinski definition) is 1. The van der Waals surface area contributed by atoms with Crippen molar-refractivity contribution in [2.24, 2.45) is 0 Å². The Kier molecular flexibility index (Phi) is 4.81. The quantitative estimate of drug-likeness (QED) is 0.792. The lowest BCUT2D eigenvalue weighted by molar-refractivity contribution is 0.146. The minimum absolute atomic E-state index is 0.0794. The highest BCUT2D eigenvalue weighted by atomic mass is 35.5.